The van der Waals surface area contributed by atoms with E-state index in [2.05, 4.69) is 39.3 Å². The van der Waals surface area contributed by atoms with Crippen molar-refractivity contribution in [1.29, 1.82) is 0 Å². The summed E-state index contributed by atoms with van der Waals surface area (Å²) in [4.78, 5) is 30.2. The topological polar surface area (TPSA) is 70.4 Å². The smallest absolute Gasteiger partial charge is 0.358 e. The first-order valence-electron chi connectivity index (χ1n) is 12.8. The quantitative estimate of drug-likeness (QED) is 0.298. The predicted molar refractivity (Wildman–Crippen MR) is 145 cm³/mol. The Morgan fingerprint density at radius 3 is 2.28 bits per heavy atom. The number of hydrogen-bond donors (Lipinski definition) is 0. The van der Waals surface area contributed by atoms with Gasteiger partial charge < -0.3 is 14.0 Å². The molecule has 1 atom stereocenters. The molecular formula is C28H38BrClN2O4. The van der Waals surface area contributed by atoms with Crippen LogP contribution in [0.3, 0.4) is 0 Å². The fourth-order valence-electron chi connectivity index (χ4n) is 5.04. The Labute approximate surface area is 228 Å². The monoisotopic (exact) mass is 580 g/mol. The van der Waals surface area contributed by atoms with Gasteiger partial charge in [0.15, 0.2) is 10.4 Å². The zero-order valence-corrected chi connectivity index (χ0v) is 24.5. The SMILES string of the molecule is CCOC(=O)c1nc(Br)n(C(C)C)c1C(CC1CCC(C(=O)OC(C)(C)C)CC1)c1ccc(Cl)cc1. The lowest BCUT2D eigenvalue weighted by Crippen LogP contribution is -2.31. The minimum Gasteiger partial charge on any atom is -0.461 e. The summed E-state index contributed by atoms with van der Waals surface area (Å²) < 4.78 is 13.7. The van der Waals surface area contributed by atoms with Crippen LogP contribution in [0.25, 0.3) is 0 Å². The third kappa shape index (κ3) is 7.12. The Morgan fingerprint density at radius 2 is 1.75 bits per heavy atom. The number of benzene rings is 1. The molecule has 0 spiro atoms. The summed E-state index contributed by atoms with van der Waals surface area (Å²) in [5.41, 5.74) is 1.81. The second-order valence-corrected chi connectivity index (χ2v) is 12.0. The molecule has 1 aliphatic carbocycles. The highest BCUT2D eigenvalue weighted by molar-refractivity contribution is 9.10. The molecule has 0 aliphatic heterocycles. The van der Waals surface area contributed by atoms with Crippen molar-refractivity contribution in [1.82, 2.24) is 9.55 Å². The number of hydrogen-bond acceptors (Lipinski definition) is 5. The first-order chi connectivity index (χ1) is 16.9. The summed E-state index contributed by atoms with van der Waals surface area (Å²) >= 11 is 9.80. The molecule has 8 heteroatoms. The molecule has 1 aliphatic rings. The summed E-state index contributed by atoms with van der Waals surface area (Å²) in [7, 11) is 0. The van der Waals surface area contributed by atoms with Crippen molar-refractivity contribution >= 4 is 39.5 Å². The van der Waals surface area contributed by atoms with Crippen LogP contribution in [0.1, 0.15) is 107 Å². The second kappa shape index (κ2) is 12.1. The molecule has 0 saturated heterocycles. The standard InChI is InChI=1S/C28H38BrClN2O4/c1-7-35-26(34)23-24(32(17(2)3)27(29)31-23)22(19-12-14-21(30)15-13-19)16-18-8-10-20(11-9-18)25(33)36-28(4,5)6/h12-15,17-18,20,22H,7-11,16H2,1-6H3. The normalized spacial score (nSPS) is 19.2. The molecule has 1 fully saturated rings. The Morgan fingerprint density at radius 1 is 1.14 bits per heavy atom. The number of aromatic nitrogens is 2. The van der Waals surface area contributed by atoms with Gasteiger partial charge in [-0.3, -0.25) is 4.79 Å². The van der Waals surface area contributed by atoms with Crippen molar-refractivity contribution in [3.05, 3.63) is 51.0 Å². The molecule has 2 aromatic rings. The summed E-state index contributed by atoms with van der Waals surface area (Å²) in [5, 5.41) is 0.666. The summed E-state index contributed by atoms with van der Waals surface area (Å²) in [6.45, 7) is 12.0. The van der Waals surface area contributed by atoms with E-state index in [9.17, 15) is 9.59 Å². The van der Waals surface area contributed by atoms with Gasteiger partial charge in [0, 0.05) is 17.0 Å². The van der Waals surface area contributed by atoms with Crippen LogP contribution in [-0.2, 0) is 14.3 Å². The van der Waals surface area contributed by atoms with Crippen LogP contribution in [-0.4, -0.2) is 33.7 Å². The van der Waals surface area contributed by atoms with Crippen molar-refractivity contribution < 1.29 is 19.1 Å². The fourth-order valence-corrected chi connectivity index (χ4v) is 5.95. The molecule has 3 rings (SSSR count). The highest BCUT2D eigenvalue weighted by Crippen LogP contribution is 2.42. The summed E-state index contributed by atoms with van der Waals surface area (Å²) in [6, 6.07) is 7.92. The third-order valence-corrected chi connectivity index (χ3v) is 7.46. The molecule has 0 bridgehead atoms. The third-order valence-electron chi connectivity index (χ3n) is 6.65. The molecule has 1 heterocycles. The van der Waals surface area contributed by atoms with Crippen LogP contribution < -0.4 is 0 Å². The zero-order chi connectivity index (χ0) is 26.6. The zero-order valence-electron chi connectivity index (χ0n) is 22.1. The molecule has 1 aromatic carbocycles. The van der Waals surface area contributed by atoms with Gasteiger partial charge in [0.1, 0.15) is 5.60 Å². The number of esters is 2. The lowest BCUT2D eigenvalue weighted by Gasteiger charge is -2.32. The maximum atomic E-state index is 13.0. The van der Waals surface area contributed by atoms with Gasteiger partial charge >= 0.3 is 11.9 Å². The van der Waals surface area contributed by atoms with Gasteiger partial charge in [0.25, 0.3) is 0 Å². The number of nitrogens with zero attached hydrogens (tertiary/aromatic N) is 2. The van der Waals surface area contributed by atoms with Crippen LogP contribution in [0.5, 0.6) is 0 Å². The number of carbonyl (C=O) groups is 2. The minimum absolute atomic E-state index is 0.0557. The van der Waals surface area contributed by atoms with Crippen molar-refractivity contribution in [2.75, 3.05) is 6.61 Å². The van der Waals surface area contributed by atoms with E-state index in [4.69, 9.17) is 21.1 Å². The molecule has 0 amide bonds. The maximum absolute atomic E-state index is 13.0. The molecule has 1 saturated carbocycles. The molecule has 36 heavy (non-hydrogen) atoms. The van der Waals surface area contributed by atoms with E-state index >= 15 is 0 Å². The predicted octanol–water partition coefficient (Wildman–Crippen LogP) is 7.73. The van der Waals surface area contributed by atoms with Gasteiger partial charge in [-0.25, -0.2) is 9.78 Å². The number of imidazole rings is 1. The highest BCUT2D eigenvalue weighted by Gasteiger charge is 2.35. The van der Waals surface area contributed by atoms with Crippen LogP contribution in [0.15, 0.2) is 29.0 Å². The first kappa shape index (κ1) is 28.7. The molecular weight excluding hydrogens is 544 g/mol. The molecule has 0 N–H and O–H groups in total. The van der Waals surface area contributed by atoms with Crippen molar-refractivity contribution in [3.63, 3.8) is 0 Å². The van der Waals surface area contributed by atoms with Gasteiger partial charge in [-0.05, 0) is 113 Å². The van der Waals surface area contributed by atoms with Crippen LogP contribution in [0, 0.1) is 11.8 Å². The van der Waals surface area contributed by atoms with E-state index in [1.54, 1.807) is 6.92 Å². The minimum atomic E-state index is -0.472. The number of ether oxygens (including phenoxy) is 2. The average molecular weight is 582 g/mol. The van der Waals surface area contributed by atoms with Gasteiger partial charge in [-0.2, -0.15) is 0 Å². The van der Waals surface area contributed by atoms with Gasteiger partial charge in [-0.15, -0.1) is 0 Å². The van der Waals surface area contributed by atoms with E-state index in [1.165, 1.54) is 0 Å². The van der Waals surface area contributed by atoms with E-state index < -0.39 is 11.6 Å². The Bertz CT molecular complexity index is 1050. The van der Waals surface area contributed by atoms with E-state index in [1.807, 2.05) is 45.0 Å². The van der Waals surface area contributed by atoms with Gasteiger partial charge in [-0.1, -0.05) is 23.7 Å². The molecule has 0 radical (unpaired) electrons. The summed E-state index contributed by atoms with van der Waals surface area (Å²) in [6.07, 6.45) is 4.31. The molecule has 198 valence electrons. The molecule has 6 nitrogen and oxygen atoms in total. The fraction of sp³-hybridized carbons (Fsp3) is 0.607. The van der Waals surface area contributed by atoms with E-state index in [0.717, 1.165) is 43.4 Å². The molecule has 1 unspecified atom stereocenters. The highest BCUT2D eigenvalue weighted by atomic mass is 79.9. The first-order valence-corrected chi connectivity index (χ1v) is 14.0. The van der Waals surface area contributed by atoms with Gasteiger partial charge in [0.05, 0.1) is 18.2 Å². The Kier molecular flexibility index (Phi) is 9.67. The lowest BCUT2D eigenvalue weighted by atomic mass is 9.75. The Balaban J connectivity index is 1.93. The van der Waals surface area contributed by atoms with E-state index in [0.29, 0.717) is 21.4 Å². The average Bonchev–Trinajstić information content (AvgIpc) is 3.15. The van der Waals surface area contributed by atoms with Crippen molar-refractivity contribution in [3.8, 4) is 0 Å². The van der Waals surface area contributed by atoms with Crippen LogP contribution in [0.4, 0.5) is 0 Å². The largest absolute Gasteiger partial charge is 0.461 e. The van der Waals surface area contributed by atoms with Crippen molar-refractivity contribution in [2.45, 2.75) is 91.2 Å². The van der Waals surface area contributed by atoms with Crippen LogP contribution in [0.2, 0.25) is 5.02 Å². The number of carbonyl (C=O) groups excluding carboxylic acids is 2. The number of rotatable bonds is 8. The Hall–Kier alpha value is -1.86. The molecule has 1 aromatic heterocycles. The number of halogens is 2. The maximum Gasteiger partial charge on any atom is 0.358 e. The van der Waals surface area contributed by atoms with Crippen LogP contribution >= 0.6 is 27.5 Å². The second-order valence-electron chi connectivity index (χ2n) is 10.9. The van der Waals surface area contributed by atoms with Crippen molar-refractivity contribution in [2.24, 2.45) is 11.8 Å². The lowest BCUT2D eigenvalue weighted by molar-refractivity contribution is -0.161. The van der Waals surface area contributed by atoms with Gasteiger partial charge in [0.2, 0.25) is 0 Å². The van der Waals surface area contributed by atoms with E-state index in [-0.39, 0.29) is 30.5 Å². The summed E-state index contributed by atoms with van der Waals surface area (Å²) in [5.74, 6) is -0.249.